The summed E-state index contributed by atoms with van der Waals surface area (Å²) < 4.78 is 7.39. The van der Waals surface area contributed by atoms with E-state index in [9.17, 15) is 4.79 Å². The normalized spacial score (nSPS) is 13.9. The summed E-state index contributed by atoms with van der Waals surface area (Å²) in [4.78, 5) is 19.8. The molecule has 0 radical (unpaired) electrons. The van der Waals surface area contributed by atoms with E-state index >= 15 is 0 Å². The highest BCUT2D eigenvalue weighted by Gasteiger charge is 2.14. The number of fused-ring (bicyclic) bond motifs is 1. The molecule has 5 rings (SSSR count). The van der Waals surface area contributed by atoms with Gasteiger partial charge in [0.2, 0.25) is 0 Å². The first-order valence-electron chi connectivity index (χ1n) is 10.3. The van der Waals surface area contributed by atoms with Crippen LogP contribution in [0.4, 0.5) is 0 Å². The Bertz CT molecular complexity index is 1230. The third kappa shape index (κ3) is 3.98. The van der Waals surface area contributed by atoms with Crippen molar-refractivity contribution in [2.75, 3.05) is 13.1 Å². The summed E-state index contributed by atoms with van der Waals surface area (Å²) in [6.45, 7) is 3.66. The first kappa shape index (κ1) is 18.6. The zero-order valence-electron chi connectivity index (χ0n) is 16.7. The van der Waals surface area contributed by atoms with Crippen LogP contribution in [0, 0.1) is 0 Å². The largest absolute Gasteiger partial charge is 0.489 e. The molecule has 150 valence electrons. The Balaban J connectivity index is 1.35. The molecule has 5 heteroatoms. The number of ether oxygens (including phenoxy) is 1. The summed E-state index contributed by atoms with van der Waals surface area (Å²) in [6.07, 6.45) is 3.04. The van der Waals surface area contributed by atoms with Crippen molar-refractivity contribution in [1.29, 1.82) is 0 Å². The van der Waals surface area contributed by atoms with Crippen molar-refractivity contribution in [3.8, 4) is 11.4 Å². The first-order valence-corrected chi connectivity index (χ1v) is 10.3. The van der Waals surface area contributed by atoms with Gasteiger partial charge in [-0.05, 0) is 55.4 Å². The second-order valence-electron chi connectivity index (χ2n) is 7.65. The molecule has 0 N–H and O–H groups in total. The van der Waals surface area contributed by atoms with Gasteiger partial charge in [0.05, 0.1) is 11.2 Å². The first-order chi connectivity index (χ1) is 14.7. The highest BCUT2D eigenvalue weighted by Crippen LogP contribution is 2.19. The Morgan fingerprint density at radius 2 is 1.80 bits per heavy atom. The summed E-state index contributed by atoms with van der Waals surface area (Å²) in [5.74, 6) is 0.568. The minimum absolute atomic E-state index is 0.123. The van der Waals surface area contributed by atoms with E-state index in [4.69, 9.17) is 9.72 Å². The molecule has 0 atom stereocenters. The van der Waals surface area contributed by atoms with E-state index in [0.29, 0.717) is 12.4 Å². The quantitative estimate of drug-likeness (QED) is 0.490. The van der Waals surface area contributed by atoms with Crippen molar-refractivity contribution in [2.24, 2.45) is 0 Å². The average molecular weight is 397 g/mol. The Morgan fingerprint density at radius 3 is 2.57 bits per heavy atom. The van der Waals surface area contributed by atoms with Gasteiger partial charge < -0.3 is 4.74 Å². The minimum Gasteiger partial charge on any atom is -0.489 e. The molecular weight excluding hydrogens is 374 g/mol. The van der Waals surface area contributed by atoms with Crippen LogP contribution in [-0.4, -0.2) is 27.5 Å². The zero-order valence-corrected chi connectivity index (χ0v) is 16.7. The molecule has 3 heterocycles. The van der Waals surface area contributed by atoms with E-state index in [1.807, 2.05) is 54.6 Å². The van der Waals surface area contributed by atoms with Crippen molar-refractivity contribution in [3.63, 3.8) is 0 Å². The van der Waals surface area contributed by atoms with Crippen LogP contribution in [0.3, 0.4) is 0 Å². The van der Waals surface area contributed by atoms with Crippen LogP contribution in [0.15, 0.2) is 83.8 Å². The van der Waals surface area contributed by atoms with Crippen LogP contribution < -0.4 is 10.3 Å². The van der Waals surface area contributed by atoms with Crippen LogP contribution in [0.2, 0.25) is 0 Å². The SMILES string of the molecule is O=c1cc(OCc2ccccc2)ccn1-c1ccc2nc(CN3CCC3)ccc2c1. The van der Waals surface area contributed by atoms with Gasteiger partial charge in [0.15, 0.2) is 0 Å². The van der Waals surface area contributed by atoms with Crippen molar-refractivity contribution in [1.82, 2.24) is 14.5 Å². The molecule has 0 saturated carbocycles. The number of nitrogens with zero attached hydrogens (tertiary/aromatic N) is 3. The summed E-state index contributed by atoms with van der Waals surface area (Å²) in [7, 11) is 0. The molecule has 1 aliphatic rings. The lowest BCUT2D eigenvalue weighted by Crippen LogP contribution is -2.36. The number of hydrogen-bond acceptors (Lipinski definition) is 4. The fourth-order valence-corrected chi connectivity index (χ4v) is 3.67. The van der Waals surface area contributed by atoms with E-state index in [1.54, 1.807) is 10.8 Å². The molecule has 0 unspecified atom stereocenters. The van der Waals surface area contributed by atoms with Crippen LogP contribution in [0.1, 0.15) is 17.7 Å². The van der Waals surface area contributed by atoms with Crippen LogP contribution >= 0.6 is 0 Å². The van der Waals surface area contributed by atoms with Crippen LogP contribution in [0.5, 0.6) is 5.75 Å². The van der Waals surface area contributed by atoms with Gasteiger partial charge in [-0.15, -0.1) is 0 Å². The molecule has 1 saturated heterocycles. The van der Waals surface area contributed by atoms with Crippen molar-refractivity contribution < 1.29 is 4.74 Å². The number of benzene rings is 2. The summed E-state index contributed by atoms with van der Waals surface area (Å²) in [5.41, 5.74) is 3.80. The van der Waals surface area contributed by atoms with E-state index in [2.05, 4.69) is 17.0 Å². The number of aromatic nitrogens is 2. The lowest BCUT2D eigenvalue weighted by molar-refractivity contribution is 0.170. The fraction of sp³-hybridized carbons (Fsp3) is 0.200. The molecule has 30 heavy (non-hydrogen) atoms. The topological polar surface area (TPSA) is 47.4 Å². The highest BCUT2D eigenvalue weighted by molar-refractivity contribution is 5.81. The number of pyridine rings is 2. The number of rotatable bonds is 6. The summed E-state index contributed by atoms with van der Waals surface area (Å²) in [5, 5.41) is 1.02. The van der Waals surface area contributed by atoms with Crippen molar-refractivity contribution >= 4 is 10.9 Å². The highest BCUT2D eigenvalue weighted by atomic mass is 16.5. The Hall–Kier alpha value is -3.44. The van der Waals surface area contributed by atoms with Crippen LogP contribution in [0.25, 0.3) is 16.6 Å². The third-order valence-electron chi connectivity index (χ3n) is 5.48. The van der Waals surface area contributed by atoms with Gasteiger partial charge in [0.25, 0.3) is 5.56 Å². The molecule has 0 bridgehead atoms. The maximum atomic E-state index is 12.7. The lowest BCUT2D eigenvalue weighted by atomic mass is 10.1. The van der Waals surface area contributed by atoms with Gasteiger partial charge in [0.1, 0.15) is 12.4 Å². The van der Waals surface area contributed by atoms with E-state index in [-0.39, 0.29) is 5.56 Å². The molecule has 0 spiro atoms. The molecule has 1 fully saturated rings. The Morgan fingerprint density at radius 1 is 0.933 bits per heavy atom. The molecule has 2 aromatic heterocycles. The standard InChI is InChI=1S/C25H23N3O2/c29-25-16-23(30-18-19-5-2-1-3-6-19)11-14-28(25)22-9-10-24-20(15-22)7-8-21(26-24)17-27-12-4-13-27/h1-3,5-11,14-16H,4,12-13,17-18H2. The minimum atomic E-state index is -0.123. The molecule has 5 nitrogen and oxygen atoms in total. The van der Waals surface area contributed by atoms with Gasteiger partial charge in [-0.1, -0.05) is 36.4 Å². The fourth-order valence-electron chi connectivity index (χ4n) is 3.67. The van der Waals surface area contributed by atoms with E-state index in [1.165, 1.54) is 12.5 Å². The maximum absolute atomic E-state index is 12.7. The summed E-state index contributed by atoms with van der Waals surface area (Å²) >= 11 is 0. The summed E-state index contributed by atoms with van der Waals surface area (Å²) in [6, 6.07) is 23.3. The predicted octanol–water partition coefficient (Wildman–Crippen LogP) is 4.17. The Labute approximate surface area is 175 Å². The second-order valence-corrected chi connectivity index (χ2v) is 7.65. The van der Waals surface area contributed by atoms with Gasteiger partial charge in [-0.25, -0.2) is 0 Å². The molecular formula is C25H23N3O2. The Kier molecular flexibility index (Phi) is 5.03. The van der Waals surface area contributed by atoms with Crippen molar-refractivity contribution in [3.05, 3.63) is 101 Å². The second kappa shape index (κ2) is 8.13. The van der Waals surface area contributed by atoms with Gasteiger partial charge in [0, 0.05) is 29.9 Å². The van der Waals surface area contributed by atoms with Gasteiger partial charge in [-0.3, -0.25) is 19.2 Å². The maximum Gasteiger partial charge on any atom is 0.258 e. The number of likely N-dealkylation sites (tertiary alicyclic amines) is 1. The molecule has 1 aliphatic heterocycles. The third-order valence-corrected chi connectivity index (χ3v) is 5.48. The zero-order chi connectivity index (χ0) is 20.3. The smallest absolute Gasteiger partial charge is 0.258 e. The molecule has 0 amide bonds. The monoisotopic (exact) mass is 397 g/mol. The van der Waals surface area contributed by atoms with Crippen LogP contribution in [-0.2, 0) is 13.2 Å². The predicted molar refractivity (Wildman–Crippen MR) is 118 cm³/mol. The average Bonchev–Trinajstić information content (AvgIpc) is 2.75. The molecule has 2 aromatic carbocycles. The van der Waals surface area contributed by atoms with Crippen molar-refractivity contribution in [2.45, 2.75) is 19.6 Å². The van der Waals surface area contributed by atoms with Gasteiger partial charge >= 0.3 is 0 Å². The molecule has 0 aliphatic carbocycles. The number of hydrogen-bond donors (Lipinski definition) is 0. The van der Waals surface area contributed by atoms with Gasteiger partial charge in [-0.2, -0.15) is 0 Å². The van der Waals surface area contributed by atoms with E-state index < -0.39 is 0 Å². The molecule has 4 aromatic rings. The lowest BCUT2D eigenvalue weighted by Gasteiger charge is -2.30. The van der Waals surface area contributed by atoms with E-state index in [0.717, 1.165) is 47.5 Å².